The van der Waals surface area contributed by atoms with Crippen LogP contribution in [0.1, 0.15) is 11.1 Å². The molecule has 1 unspecified atom stereocenters. The van der Waals surface area contributed by atoms with E-state index in [0.717, 1.165) is 15.2 Å². The second-order valence-corrected chi connectivity index (χ2v) is 8.00. The number of hydrogen-bond acceptors (Lipinski definition) is 5. The van der Waals surface area contributed by atoms with Crippen molar-refractivity contribution >= 4 is 27.0 Å². The molecule has 3 N–H and O–H groups in total. The van der Waals surface area contributed by atoms with E-state index in [1.54, 1.807) is 30.3 Å². The maximum absolute atomic E-state index is 12.8. The molecule has 0 saturated carbocycles. The molecule has 2 aromatic carbocycles. The Kier molecular flexibility index (Phi) is 5.15. The largest absolute Gasteiger partial charge is 0.465 e. The highest BCUT2D eigenvalue weighted by atomic mass is 32.2. The first kappa shape index (κ1) is 18.9. The van der Waals surface area contributed by atoms with E-state index in [-0.39, 0.29) is 17.9 Å². The third-order valence-corrected chi connectivity index (χ3v) is 5.79. The van der Waals surface area contributed by atoms with Gasteiger partial charge in [0.05, 0.1) is 29.3 Å². The van der Waals surface area contributed by atoms with Gasteiger partial charge in [-0.15, -0.1) is 0 Å². The fourth-order valence-corrected chi connectivity index (χ4v) is 4.08. The zero-order valence-corrected chi connectivity index (χ0v) is 15.3. The fourth-order valence-electron chi connectivity index (χ4n) is 2.81. The molecule has 3 aromatic rings. The van der Waals surface area contributed by atoms with Crippen LogP contribution in [0.3, 0.4) is 0 Å². The zero-order chi connectivity index (χ0) is 19.6. The van der Waals surface area contributed by atoms with Crippen molar-refractivity contribution in [1.29, 1.82) is 0 Å². The van der Waals surface area contributed by atoms with Gasteiger partial charge < -0.3 is 15.5 Å². The second-order valence-electron chi connectivity index (χ2n) is 6.23. The zero-order valence-electron chi connectivity index (χ0n) is 14.5. The van der Waals surface area contributed by atoms with Gasteiger partial charge in [-0.2, -0.15) is 17.6 Å². The molecule has 0 fully saturated rings. The van der Waals surface area contributed by atoms with Gasteiger partial charge in [0.2, 0.25) is 0 Å². The number of amides is 1. The van der Waals surface area contributed by atoms with Crippen LogP contribution in [-0.2, 0) is 16.4 Å². The average molecular weight is 389 g/mol. The van der Waals surface area contributed by atoms with Crippen molar-refractivity contribution in [3.63, 3.8) is 0 Å². The molecule has 27 heavy (non-hydrogen) atoms. The smallest absolute Gasteiger partial charge is 0.404 e. The number of carboxylic acid groups (broad SMARTS) is 1. The highest BCUT2D eigenvalue weighted by molar-refractivity contribution is 7.90. The summed E-state index contributed by atoms with van der Waals surface area (Å²) in [6.07, 6.45) is 0.504. The molecule has 0 aliphatic rings. The molecule has 1 aromatic heterocycles. The molecule has 0 bridgehead atoms. The minimum absolute atomic E-state index is 0.146. The molecule has 1 amide bonds. The Morgan fingerprint density at radius 3 is 2.56 bits per heavy atom. The summed E-state index contributed by atoms with van der Waals surface area (Å²) in [4.78, 5) is 10.9. The number of hydrogen-bond donors (Lipinski definition) is 3. The molecule has 0 aliphatic carbocycles. The molecular weight excluding hydrogens is 370 g/mol. The quantitative estimate of drug-likeness (QED) is 0.590. The van der Waals surface area contributed by atoms with Crippen molar-refractivity contribution in [3.05, 3.63) is 59.8 Å². The van der Waals surface area contributed by atoms with Crippen LogP contribution in [0.15, 0.2) is 53.6 Å². The lowest BCUT2D eigenvalue weighted by molar-refractivity contribution is 0.177. The Morgan fingerprint density at radius 1 is 1.22 bits per heavy atom. The monoisotopic (exact) mass is 389 g/mol. The van der Waals surface area contributed by atoms with Crippen LogP contribution < -0.4 is 5.32 Å². The summed E-state index contributed by atoms with van der Waals surface area (Å²) in [6, 6.07) is 10.9. The van der Waals surface area contributed by atoms with E-state index in [2.05, 4.69) is 10.4 Å². The lowest BCUT2D eigenvalue weighted by atomic mass is 10.1. The van der Waals surface area contributed by atoms with Crippen molar-refractivity contribution in [2.45, 2.75) is 24.3 Å². The summed E-state index contributed by atoms with van der Waals surface area (Å²) in [7, 11) is -3.82. The third-order valence-electron chi connectivity index (χ3n) is 4.18. The second kappa shape index (κ2) is 7.37. The van der Waals surface area contributed by atoms with E-state index in [9.17, 15) is 18.3 Å². The summed E-state index contributed by atoms with van der Waals surface area (Å²) in [5.41, 5.74) is 2.13. The van der Waals surface area contributed by atoms with Crippen LogP contribution in [0.5, 0.6) is 0 Å². The maximum atomic E-state index is 12.8. The molecule has 0 spiro atoms. The number of fused-ring (bicyclic) bond motifs is 1. The molecule has 0 radical (unpaired) electrons. The van der Waals surface area contributed by atoms with Gasteiger partial charge in [-0.3, -0.25) is 0 Å². The summed E-state index contributed by atoms with van der Waals surface area (Å²) >= 11 is 0. The normalized spacial score (nSPS) is 12.8. The van der Waals surface area contributed by atoms with Gasteiger partial charge in [0.15, 0.2) is 0 Å². The van der Waals surface area contributed by atoms with Crippen LogP contribution in [0.4, 0.5) is 4.79 Å². The highest BCUT2D eigenvalue weighted by Gasteiger charge is 2.20. The molecule has 9 heteroatoms. The van der Waals surface area contributed by atoms with Crippen molar-refractivity contribution in [3.8, 4) is 0 Å². The van der Waals surface area contributed by atoms with Gasteiger partial charge in [-0.1, -0.05) is 23.8 Å². The van der Waals surface area contributed by atoms with Gasteiger partial charge in [0.1, 0.15) is 0 Å². The summed E-state index contributed by atoms with van der Waals surface area (Å²) in [5.74, 6) is 0. The van der Waals surface area contributed by atoms with Gasteiger partial charge in [0, 0.05) is 5.39 Å². The molecule has 8 nitrogen and oxygen atoms in total. The molecule has 1 atom stereocenters. The number of nitrogens with zero attached hydrogens (tertiary/aromatic N) is 2. The number of aromatic nitrogens is 2. The van der Waals surface area contributed by atoms with E-state index < -0.39 is 22.2 Å². The van der Waals surface area contributed by atoms with Crippen LogP contribution in [0, 0.1) is 6.92 Å². The lowest BCUT2D eigenvalue weighted by Crippen LogP contribution is -2.38. The van der Waals surface area contributed by atoms with Gasteiger partial charge in [-0.25, -0.2) is 4.79 Å². The van der Waals surface area contributed by atoms with E-state index in [0.29, 0.717) is 10.9 Å². The molecular formula is C18H19N3O5S. The molecule has 142 valence electrons. The first-order valence-corrected chi connectivity index (χ1v) is 9.64. The van der Waals surface area contributed by atoms with E-state index in [1.165, 1.54) is 18.3 Å². The lowest BCUT2D eigenvalue weighted by Gasteiger charge is -2.14. The minimum Gasteiger partial charge on any atom is -0.465 e. The Balaban J connectivity index is 1.94. The first-order valence-electron chi connectivity index (χ1n) is 8.20. The SMILES string of the molecule is Cc1ccc(S(=O)(=O)n2ncc3cc(CC(CO)NC(=O)O)ccc32)cc1. The third kappa shape index (κ3) is 3.93. The number of aryl methyl sites for hydroxylation is 1. The Hall–Kier alpha value is -2.91. The molecule has 3 rings (SSSR count). The predicted molar refractivity (Wildman–Crippen MR) is 99.2 cm³/mol. The molecule has 1 heterocycles. The number of aliphatic hydroxyl groups excluding tert-OH is 1. The van der Waals surface area contributed by atoms with Crippen molar-refractivity contribution < 1.29 is 23.4 Å². The van der Waals surface area contributed by atoms with E-state index in [4.69, 9.17) is 5.11 Å². The molecule has 0 saturated heterocycles. The average Bonchev–Trinajstić information content (AvgIpc) is 3.05. The van der Waals surface area contributed by atoms with Crippen LogP contribution in [0.25, 0.3) is 10.9 Å². The topological polar surface area (TPSA) is 122 Å². The highest BCUT2D eigenvalue weighted by Crippen LogP contribution is 2.22. The Labute approximate surface area is 156 Å². The van der Waals surface area contributed by atoms with Gasteiger partial charge in [-0.05, 0) is 43.2 Å². The predicted octanol–water partition coefficient (Wildman–Crippen LogP) is 1.75. The summed E-state index contributed by atoms with van der Waals surface area (Å²) in [6.45, 7) is 1.53. The van der Waals surface area contributed by atoms with Crippen LogP contribution >= 0.6 is 0 Å². The summed E-state index contributed by atoms with van der Waals surface area (Å²) in [5, 5.41) is 24.9. The number of aliphatic hydroxyl groups is 1. The first-order chi connectivity index (χ1) is 12.8. The fraction of sp³-hybridized carbons (Fsp3) is 0.222. The van der Waals surface area contributed by atoms with Gasteiger partial charge >= 0.3 is 6.09 Å². The van der Waals surface area contributed by atoms with Crippen LogP contribution in [-0.4, -0.2) is 46.6 Å². The number of rotatable bonds is 6. The van der Waals surface area contributed by atoms with Crippen LogP contribution in [0.2, 0.25) is 0 Å². The van der Waals surface area contributed by atoms with Crippen molar-refractivity contribution in [2.75, 3.05) is 6.61 Å². The van der Waals surface area contributed by atoms with E-state index >= 15 is 0 Å². The Bertz CT molecular complexity index is 1070. The summed E-state index contributed by atoms with van der Waals surface area (Å²) < 4.78 is 26.7. The number of carbonyl (C=O) groups is 1. The minimum atomic E-state index is -3.82. The van der Waals surface area contributed by atoms with Crippen molar-refractivity contribution in [2.24, 2.45) is 0 Å². The number of benzene rings is 2. The number of nitrogens with one attached hydrogen (secondary N) is 1. The van der Waals surface area contributed by atoms with Gasteiger partial charge in [0.25, 0.3) is 10.0 Å². The van der Waals surface area contributed by atoms with E-state index in [1.807, 2.05) is 6.92 Å². The Morgan fingerprint density at radius 2 is 1.93 bits per heavy atom. The standard InChI is InChI=1S/C18H19N3O5S/c1-12-2-5-16(6-3-12)27(25,26)21-17-7-4-13(8-14(17)10-19-21)9-15(11-22)20-18(23)24/h2-8,10,15,20,22H,9,11H2,1H3,(H,23,24). The van der Waals surface area contributed by atoms with Crippen molar-refractivity contribution in [1.82, 2.24) is 14.5 Å². The molecule has 0 aliphatic heterocycles. The maximum Gasteiger partial charge on any atom is 0.404 e.